The van der Waals surface area contributed by atoms with Gasteiger partial charge in [-0.05, 0) is 62.5 Å². The van der Waals surface area contributed by atoms with Gasteiger partial charge in [-0.1, -0.05) is 24.3 Å². The first-order valence-corrected chi connectivity index (χ1v) is 12.4. The number of sulfonamides is 1. The third kappa shape index (κ3) is 5.27. The molecule has 0 saturated carbocycles. The summed E-state index contributed by atoms with van der Waals surface area (Å²) in [5, 5.41) is 0. The van der Waals surface area contributed by atoms with E-state index in [1.807, 2.05) is 24.4 Å². The van der Waals surface area contributed by atoms with E-state index in [2.05, 4.69) is 32.6 Å². The fourth-order valence-electron chi connectivity index (χ4n) is 4.90. The molecule has 3 fully saturated rings. The van der Waals surface area contributed by atoms with Gasteiger partial charge < -0.3 is 4.90 Å². The van der Waals surface area contributed by atoms with Crippen molar-refractivity contribution >= 4 is 10.0 Å². The molecule has 1 unspecified atom stereocenters. The minimum Gasteiger partial charge on any atom is -0.306 e. The van der Waals surface area contributed by atoms with Crippen molar-refractivity contribution < 1.29 is 8.42 Å². The summed E-state index contributed by atoms with van der Waals surface area (Å²) in [6, 6.07) is 15.0. The Kier molecular flexibility index (Phi) is 6.83. The number of hydrogen-bond acceptors (Lipinski definition) is 5. The number of rotatable bonds is 9. The Balaban J connectivity index is 1.26. The Morgan fingerprint density at radius 2 is 1.97 bits per heavy atom. The van der Waals surface area contributed by atoms with Crippen molar-refractivity contribution in [1.82, 2.24) is 19.5 Å². The molecule has 1 aromatic carbocycles. The van der Waals surface area contributed by atoms with Crippen LogP contribution in [0.5, 0.6) is 0 Å². The van der Waals surface area contributed by atoms with Crippen LogP contribution in [0.25, 0.3) is 0 Å². The molecule has 6 nitrogen and oxygen atoms in total. The molecule has 1 aromatic heterocycles. The Morgan fingerprint density at radius 1 is 1.17 bits per heavy atom. The third-order valence-electron chi connectivity index (χ3n) is 6.60. The lowest BCUT2D eigenvalue weighted by Crippen LogP contribution is -2.58. The van der Waals surface area contributed by atoms with Gasteiger partial charge in [0.1, 0.15) is 0 Å². The van der Waals surface area contributed by atoms with E-state index in [9.17, 15) is 8.42 Å². The van der Waals surface area contributed by atoms with E-state index in [1.165, 1.54) is 6.42 Å². The minimum atomic E-state index is -3.43. The molecule has 2 aromatic rings. The lowest BCUT2D eigenvalue weighted by molar-refractivity contribution is -0.00735. The van der Waals surface area contributed by atoms with Crippen LogP contribution in [0.15, 0.2) is 59.6 Å². The maximum atomic E-state index is 12.5. The summed E-state index contributed by atoms with van der Waals surface area (Å²) < 4.78 is 27.9. The Labute approximate surface area is 180 Å². The Bertz CT molecular complexity index is 907. The topological polar surface area (TPSA) is 65.5 Å². The molecule has 5 rings (SSSR count). The lowest BCUT2D eigenvalue weighted by atomic mass is 9.75. The van der Waals surface area contributed by atoms with Crippen LogP contribution >= 0.6 is 0 Å². The van der Waals surface area contributed by atoms with E-state index in [4.69, 9.17) is 0 Å². The van der Waals surface area contributed by atoms with Crippen LogP contribution in [0.3, 0.4) is 0 Å². The van der Waals surface area contributed by atoms with Gasteiger partial charge in [0.05, 0.1) is 4.90 Å². The van der Waals surface area contributed by atoms with Crippen LogP contribution in [0.1, 0.15) is 18.5 Å². The number of nitrogens with zero attached hydrogens (tertiary/aromatic N) is 3. The van der Waals surface area contributed by atoms with Gasteiger partial charge in [0.2, 0.25) is 10.0 Å². The molecule has 4 atom stereocenters. The molecule has 0 aliphatic carbocycles. The molecule has 3 saturated heterocycles. The first-order chi connectivity index (χ1) is 14.5. The van der Waals surface area contributed by atoms with Crippen molar-refractivity contribution in [3.63, 3.8) is 0 Å². The molecule has 4 heterocycles. The van der Waals surface area contributed by atoms with E-state index < -0.39 is 10.0 Å². The molecule has 1 N–H and O–H groups in total. The summed E-state index contributed by atoms with van der Waals surface area (Å²) in [6.45, 7) is 4.75. The summed E-state index contributed by atoms with van der Waals surface area (Å²) >= 11 is 0. The largest absolute Gasteiger partial charge is 0.306 e. The molecule has 162 valence electrons. The van der Waals surface area contributed by atoms with Crippen LogP contribution < -0.4 is 4.72 Å². The summed E-state index contributed by atoms with van der Waals surface area (Å²) in [6.07, 6.45) is 5.13. The van der Waals surface area contributed by atoms with Crippen LogP contribution in [-0.4, -0.2) is 69.0 Å². The minimum absolute atomic E-state index is 0.303. The fraction of sp³-hybridized carbons (Fsp3) is 0.522. The van der Waals surface area contributed by atoms with Gasteiger partial charge in [0.15, 0.2) is 0 Å². The van der Waals surface area contributed by atoms with E-state index in [0.717, 1.165) is 44.7 Å². The van der Waals surface area contributed by atoms with Crippen molar-refractivity contribution in [3.8, 4) is 0 Å². The first-order valence-electron chi connectivity index (χ1n) is 10.9. The molecular weight excluding hydrogens is 396 g/mol. The standard InChI is InChI=1S/C23H32N4O2S/c1-26(13-11-21-7-5-6-12-24-21)17-20-18-27-14-10-19(20)15-22(27)16-25-30(28,29)23-8-3-2-4-9-23/h2-9,12,19-20,22,25H,10-11,13-18H2,1H3/t19-,20-,22+/m0/s1. The summed E-state index contributed by atoms with van der Waals surface area (Å²) in [5.74, 6) is 1.34. The van der Waals surface area contributed by atoms with Crippen molar-refractivity contribution in [2.24, 2.45) is 11.8 Å². The SMILES string of the molecule is CN(CCc1ccccn1)C[C@H]1CN2CC[C@H]1C[C@@H]2CNS(=O)(=O)c1ccccc1. The number of pyridine rings is 1. The number of likely N-dealkylation sites (N-methyl/N-ethyl adjacent to an activating group) is 1. The van der Waals surface area contributed by atoms with E-state index in [0.29, 0.717) is 29.3 Å². The second-order valence-electron chi connectivity index (χ2n) is 8.69. The molecule has 0 spiro atoms. The summed E-state index contributed by atoms with van der Waals surface area (Å²) in [7, 11) is -1.23. The van der Waals surface area contributed by atoms with Crippen molar-refractivity contribution in [2.45, 2.75) is 30.2 Å². The van der Waals surface area contributed by atoms with Gasteiger partial charge in [-0.15, -0.1) is 0 Å². The number of aromatic nitrogens is 1. The molecule has 2 bridgehead atoms. The summed E-state index contributed by atoms with van der Waals surface area (Å²) in [4.78, 5) is 9.67. The Morgan fingerprint density at radius 3 is 2.67 bits per heavy atom. The zero-order valence-electron chi connectivity index (χ0n) is 17.7. The molecule has 7 heteroatoms. The van der Waals surface area contributed by atoms with Gasteiger partial charge in [-0.25, -0.2) is 13.1 Å². The molecule has 0 amide bonds. The second-order valence-corrected chi connectivity index (χ2v) is 10.5. The maximum Gasteiger partial charge on any atom is 0.240 e. The van der Waals surface area contributed by atoms with Gasteiger partial charge in [-0.3, -0.25) is 9.88 Å². The maximum absolute atomic E-state index is 12.5. The number of nitrogens with one attached hydrogen (secondary N) is 1. The van der Waals surface area contributed by atoms with Gasteiger partial charge in [-0.2, -0.15) is 0 Å². The third-order valence-corrected chi connectivity index (χ3v) is 8.04. The molecular formula is C23H32N4O2S. The van der Waals surface area contributed by atoms with Crippen molar-refractivity contribution in [2.75, 3.05) is 39.8 Å². The fourth-order valence-corrected chi connectivity index (χ4v) is 5.99. The van der Waals surface area contributed by atoms with Crippen LogP contribution in [0.4, 0.5) is 0 Å². The van der Waals surface area contributed by atoms with Crippen molar-refractivity contribution in [1.29, 1.82) is 0 Å². The van der Waals surface area contributed by atoms with E-state index >= 15 is 0 Å². The molecule has 3 aliphatic heterocycles. The molecule has 30 heavy (non-hydrogen) atoms. The average molecular weight is 429 g/mol. The van der Waals surface area contributed by atoms with Crippen LogP contribution in [0.2, 0.25) is 0 Å². The highest BCUT2D eigenvalue weighted by Crippen LogP contribution is 2.36. The predicted molar refractivity (Wildman–Crippen MR) is 119 cm³/mol. The quantitative estimate of drug-likeness (QED) is 0.664. The predicted octanol–water partition coefficient (Wildman–Crippen LogP) is 2.24. The van der Waals surface area contributed by atoms with Gasteiger partial charge in [0.25, 0.3) is 0 Å². The first kappa shape index (κ1) is 21.4. The normalized spacial score (nSPS) is 26.2. The zero-order chi connectivity index (χ0) is 21.0. The second kappa shape index (κ2) is 9.56. The smallest absolute Gasteiger partial charge is 0.240 e. The van der Waals surface area contributed by atoms with Crippen molar-refractivity contribution in [3.05, 3.63) is 60.4 Å². The van der Waals surface area contributed by atoms with Crippen LogP contribution in [0, 0.1) is 11.8 Å². The zero-order valence-corrected chi connectivity index (χ0v) is 18.5. The van der Waals surface area contributed by atoms with Gasteiger partial charge >= 0.3 is 0 Å². The lowest BCUT2D eigenvalue weighted by Gasteiger charge is -2.50. The molecule has 3 aliphatic rings. The Hall–Kier alpha value is -1.80. The highest BCUT2D eigenvalue weighted by Gasteiger charge is 2.40. The van der Waals surface area contributed by atoms with E-state index in [1.54, 1.807) is 24.3 Å². The average Bonchev–Trinajstić information content (AvgIpc) is 2.78. The van der Waals surface area contributed by atoms with Gasteiger partial charge in [0, 0.05) is 50.5 Å². The number of hydrogen-bond donors (Lipinski definition) is 1. The number of piperidine rings is 3. The van der Waals surface area contributed by atoms with E-state index in [-0.39, 0.29) is 0 Å². The molecule has 0 radical (unpaired) electrons. The summed E-state index contributed by atoms with van der Waals surface area (Å²) in [5.41, 5.74) is 1.14. The van der Waals surface area contributed by atoms with Crippen LogP contribution in [-0.2, 0) is 16.4 Å². The highest BCUT2D eigenvalue weighted by atomic mass is 32.2. The number of benzene rings is 1. The monoisotopic (exact) mass is 428 g/mol. The number of fused-ring (bicyclic) bond motifs is 3. The highest BCUT2D eigenvalue weighted by molar-refractivity contribution is 7.89.